The lowest BCUT2D eigenvalue weighted by atomic mass is 10.3. The van der Waals surface area contributed by atoms with Crippen LogP contribution in [0, 0.1) is 11.6 Å². The Morgan fingerprint density at radius 3 is 2.85 bits per heavy atom. The number of fused-ring (bicyclic) bond motifs is 2. The number of carbonyl (C=O) groups is 1. The van der Waals surface area contributed by atoms with Gasteiger partial charge < -0.3 is 9.47 Å². The van der Waals surface area contributed by atoms with Gasteiger partial charge in [-0.2, -0.15) is 0 Å². The Bertz CT molecular complexity index is 1010. The monoisotopic (exact) mass is 392 g/mol. The summed E-state index contributed by atoms with van der Waals surface area (Å²) < 4.78 is 29.8. The van der Waals surface area contributed by atoms with Crippen LogP contribution < -0.4 is 4.90 Å². The van der Waals surface area contributed by atoms with E-state index in [0.717, 1.165) is 36.1 Å². The van der Waals surface area contributed by atoms with Gasteiger partial charge in [-0.05, 0) is 26.6 Å². The topological polar surface area (TPSA) is 67.2 Å². The van der Waals surface area contributed by atoms with Gasteiger partial charge in [-0.1, -0.05) is 11.3 Å². The van der Waals surface area contributed by atoms with Crippen molar-refractivity contribution >= 4 is 32.6 Å². The minimum atomic E-state index is -0.740. The fourth-order valence-corrected chi connectivity index (χ4v) is 4.10. The number of hydrogen-bond donors (Lipinski definition) is 0. The molecule has 0 saturated carbocycles. The van der Waals surface area contributed by atoms with Crippen LogP contribution in [0.3, 0.4) is 0 Å². The lowest BCUT2D eigenvalue weighted by molar-refractivity contribution is 0.0971. The molecule has 0 unspecified atom stereocenters. The zero-order valence-electron chi connectivity index (χ0n) is 14.9. The molecule has 0 radical (unpaired) electrons. The molecule has 1 aliphatic rings. The van der Waals surface area contributed by atoms with Gasteiger partial charge in [0.2, 0.25) is 5.82 Å². The van der Waals surface area contributed by atoms with Crippen LogP contribution in [0.5, 0.6) is 0 Å². The normalized spacial score (nSPS) is 13.5. The zero-order chi connectivity index (χ0) is 19.1. The standard InChI is InChI=1S/C17H18F2N6OS/c1-23(2)6-7-25(16(26)15-22-21-13-4-3-5-24(13)15)17-20-14-11(19)8-10(18)9-12(14)27-17/h8-9H,3-7H2,1-2H3. The van der Waals surface area contributed by atoms with Crippen LogP contribution in [0.4, 0.5) is 13.9 Å². The number of nitrogens with zero attached hydrogens (tertiary/aromatic N) is 6. The summed E-state index contributed by atoms with van der Waals surface area (Å²) in [5.41, 5.74) is 0.0607. The van der Waals surface area contributed by atoms with Gasteiger partial charge in [-0.15, -0.1) is 10.2 Å². The van der Waals surface area contributed by atoms with Gasteiger partial charge in [-0.25, -0.2) is 13.8 Å². The van der Waals surface area contributed by atoms with Crippen molar-refractivity contribution in [3.05, 3.63) is 35.4 Å². The van der Waals surface area contributed by atoms with Crippen LogP contribution in [-0.2, 0) is 13.0 Å². The van der Waals surface area contributed by atoms with Gasteiger partial charge in [-0.3, -0.25) is 9.69 Å². The molecular weight excluding hydrogens is 374 g/mol. The van der Waals surface area contributed by atoms with E-state index in [0.29, 0.717) is 29.5 Å². The summed E-state index contributed by atoms with van der Waals surface area (Å²) in [7, 11) is 3.79. The molecule has 3 aromatic rings. The number of likely N-dealkylation sites (N-methyl/N-ethyl adjacent to an activating group) is 1. The van der Waals surface area contributed by atoms with Crippen molar-refractivity contribution in [2.75, 3.05) is 32.1 Å². The third-order valence-electron chi connectivity index (χ3n) is 4.45. The van der Waals surface area contributed by atoms with Gasteiger partial charge in [0.15, 0.2) is 10.9 Å². The lowest BCUT2D eigenvalue weighted by Gasteiger charge is -2.21. The van der Waals surface area contributed by atoms with Gasteiger partial charge in [0.05, 0.1) is 4.70 Å². The van der Waals surface area contributed by atoms with Gasteiger partial charge in [0, 0.05) is 32.1 Å². The van der Waals surface area contributed by atoms with Crippen LogP contribution in [0.1, 0.15) is 22.9 Å². The summed E-state index contributed by atoms with van der Waals surface area (Å²) in [4.78, 5) is 20.9. The molecule has 3 heterocycles. The predicted molar refractivity (Wildman–Crippen MR) is 98.1 cm³/mol. The van der Waals surface area contributed by atoms with E-state index in [2.05, 4.69) is 15.2 Å². The highest BCUT2D eigenvalue weighted by atomic mass is 32.1. The molecule has 0 atom stereocenters. The van der Waals surface area contributed by atoms with Crippen molar-refractivity contribution in [3.63, 3.8) is 0 Å². The summed E-state index contributed by atoms with van der Waals surface area (Å²) in [5.74, 6) is -0.694. The molecule has 0 aliphatic carbocycles. The number of aryl methyl sites for hydroxylation is 1. The van der Waals surface area contributed by atoms with Crippen LogP contribution >= 0.6 is 11.3 Å². The highest BCUT2D eigenvalue weighted by Gasteiger charge is 2.29. The number of benzene rings is 1. The van der Waals surface area contributed by atoms with Crippen molar-refractivity contribution in [1.29, 1.82) is 0 Å². The molecule has 4 rings (SSSR count). The number of carbonyl (C=O) groups excluding carboxylic acids is 1. The van der Waals surface area contributed by atoms with Crippen molar-refractivity contribution in [2.24, 2.45) is 0 Å². The van der Waals surface area contributed by atoms with E-state index in [-0.39, 0.29) is 17.2 Å². The van der Waals surface area contributed by atoms with Gasteiger partial charge >= 0.3 is 0 Å². The first-order valence-electron chi connectivity index (χ1n) is 8.58. The third kappa shape index (κ3) is 3.30. The molecule has 0 N–H and O–H groups in total. The summed E-state index contributed by atoms with van der Waals surface area (Å²) in [6.45, 7) is 1.63. The maximum absolute atomic E-state index is 14.1. The van der Waals surface area contributed by atoms with Crippen LogP contribution in [-0.4, -0.2) is 57.7 Å². The zero-order valence-corrected chi connectivity index (χ0v) is 15.8. The maximum atomic E-state index is 14.1. The fourth-order valence-electron chi connectivity index (χ4n) is 3.07. The predicted octanol–water partition coefficient (Wildman–Crippen LogP) is 2.32. The van der Waals surface area contributed by atoms with E-state index >= 15 is 0 Å². The van der Waals surface area contributed by atoms with E-state index in [1.807, 2.05) is 23.6 Å². The van der Waals surface area contributed by atoms with Crippen molar-refractivity contribution in [3.8, 4) is 0 Å². The molecule has 7 nitrogen and oxygen atoms in total. The molecular formula is C17H18F2N6OS. The van der Waals surface area contributed by atoms with Gasteiger partial charge in [0.1, 0.15) is 17.2 Å². The molecule has 1 amide bonds. The molecule has 0 fully saturated rings. The minimum Gasteiger partial charge on any atom is -0.308 e. The highest BCUT2D eigenvalue weighted by molar-refractivity contribution is 7.22. The number of hydrogen-bond acceptors (Lipinski definition) is 6. The number of aromatic nitrogens is 4. The molecule has 10 heteroatoms. The summed E-state index contributed by atoms with van der Waals surface area (Å²) >= 11 is 1.08. The van der Waals surface area contributed by atoms with Crippen molar-refractivity contribution < 1.29 is 13.6 Å². The second-order valence-electron chi connectivity index (χ2n) is 6.69. The summed E-state index contributed by atoms with van der Waals surface area (Å²) in [5, 5.41) is 8.45. The number of halogens is 2. The Labute approximate surface area is 158 Å². The smallest absolute Gasteiger partial charge is 0.298 e. The first-order valence-corrected chi connectivity index (χ1v) is 9.40. The molecule has 0 saturated heterocycles. The maximum Gasteiger partial charge on any atom is 0.298 e. The average Bonchev–Trinajstić information content (AvgIpc) is 3.28. The first-order chi connectivity index (χ1) is 12.9. The van der Waals surface area contributed by atoms with E-state index in [1.54, 1.807) is 0 Å². The molecule has 0 bridgehead atoms. The van der Waals surface area contributed by atoms with Crippen LogP contribution in [0.25, 0.3) is 10.2 Å². The first kappa shape index (κ1) is 17.9. The highest BCUT2D eigenvalue weighted by Crippen LogP contribution is 2.32. The Kier molecular flexibility index (Phi) is 4.60. The molecule has 1 aromatic carbocycles. The van der Waals surface area contributed by atoms with Crippen molar-refractivity contribution in [2.45, 2.75) is 19.4 Å². The Balaban J connectivity index is 1.74. The number of rotatable bonds is 5. The van der Waals surface area contributed by atoms with Crippen LogP contribution in [0.2, 0.25) is 0 Å². The molecule has 142 valence electrons. The molecule has 2 aromatic heterocycles. The average molecular weight is 392 g/mol. The molecule has 27 heavy (non-hydrogen) atoms. The van der Waals surface area contributed by atoms with Gasteiger partial charge in [0.25, 0.3) is 5.91 Å². The largest absolute Gasteiger partial charge is 0.308 e. The second kappa shape index (κ2) is 6.93. The number of amides is 1. The Morgan fingerprint density at radius 1 is 1.26 bits per heavy atom. The SMILES string of the molecule is CN(C)CCN(C(=O)c1nnc2n1CCC2)c1nc2c(F)cc(F)cc2s1. The van der Waals surface area contributed by atoms with E-state index in [1.165, 1.54) is 11.0 Å². The number of anilines is 1. The van der Waals surface area contributed by atoms with Crippen molar-refractivity contribution in [1.82, 2.24) is 24.6 Å². The summed E-state index contributed by atoms with van der Waals surface area (Å²) in [6.07, 6.45) is 1.72. The van der Waals surface area contributed by atoms with E-state index < -0.39 is 11.6 Å². The Hall–Kier alpha value is -2.46. The fraction of sp³-hybridized carbons (Fsp3) is 0.412. The lowest BCUT2D eigenvalue weighted by Crippen LogP contribution is -2.38. The quantitative estimate of drug-likeness (QED) is 0.667. The minimum absolute atomic E-state index is 0.0607. The second-order valence-corrected chi connectivity index (χ2v) is 7.69. The van der Waals surface area contributed by atoms with Crippen LogP contribution in [0.15, 0.2) is 12.1 Å². The van der Waals surface area contributed by atoms with E-state index in [4.69, 9.17) is 0 Å². The van der Waals surface area contributed by atoms with E-state index in [9.17, 15) is 13.6 Å². The number of thiazole rings is 1. The molecule has 0 spiro atoms. The third-order valence-corrected chi connectivity index (χ3v) is 5.47. The Morgan fingerprint density at radius 2 is 2.07 bits per heavy atom. The molecule has 1 aliphatic heterocycles. The summed E-state index contributed by atoms with van der Waals surface area (Å²) in [6, 6.07) is 2.02.